The molecule has 1 aromatic heterocycles. The zero-order valence-electron chi connectivity index (χ0n) is 9.79. The number of aryl methyl sites for hydroxylation is 2. The lowest BCUT2D eigenvalue weighted by Crippen LogP contribution is -2.01. The highest BCUT2D eigenvalue weighted by molar-refractivity contribution is 6.30. The maximum atomic E-state index is 10.0. The van der Waals surface area contributed by atoms with E-state index in [1.807, 2.05) is 6.92 Å². The fourth-order valence-electron chi connectivity index (χ4n) is 1.66. The van der Waals surface area contributed by atoms with Crippen molar-refractivity contribution in [2.45, 2.75) is 39.7 Å². The van der Waals surface area contributed by atoms with Gasteiger partial charge >= 0.3 is 0 Å². The van der Waals surface area contributed by atoms with Gasteiger partial charge in [-0.05, 0) is 25.7 Å². The van der Waals surface area contributed by atoms with Crippen LogP contribution in [-0.2, 0) is 7.05 Å². The van der Waals surface area contributed by atoms with E-state index in [4.69, 9.17) is 11.6 Å². The van der Waals surface area contributed by atoms with Crippen LogP contribution in [0.5, 0.6) is 0 Å². The third-order valence-corrected chi connectivity index (χ3v) is 3.00. The molecule has 0 fully saturated rings. The van der Waals surface area contributed by atoms with Gasteiger partial charge in [-0.2, -0.15) is 5.10 Å². The number of halogens is 1. The highest BCUT2D eigenvalue weighted by atomic mass is 35.5. The van der Waals surface area contributed by atoms with Crippen LogP contribution >= 0.6 is 11.6 Å². The lowest BCUT2D eigenvalue weighted by Gasteiger charge is -2.12. The number of aliphatic hydroxyl groups excluding tert-OH is 1. The summed E-state index contributed by atoms with van der Waals surface area (Å²) in [6, 6.07) is 0. The molecule has 0 aliphatic heterocycles. The SMILES string of the molecule is Cc1nn(C)c(Cl)c1C(O)CCC(C)C. The van der Waals surface area contributed by atoms with Crippen molar-refractivity contribution in [3.63, 3.8) is 0 Å². The first-order valence-corrected chi connectivity index (χ1v) is 5.68. The highest BCUT2D eigenvalue weighted by Gasteiger charge is 2.19. The Morgan fingerprint density at radius 2 is 2.00 bits per heavy atom. The first-order chi connectivity index (χ1) is 6.93. The fourth-order valence-corrected chi connectivity index (χ4v) is 1.96. The summed E-state index contributed by atoms with van der Waals surface area (Å²) < 4.78 is 1.60. The molecule has 0 aliphatic carbocycles. The Kier molecular flexibility index (Phi) is 4.17. The third-order valence-electron chi connectivity index (χ3n) is 2.55. The molecule has 0 radical (unpaired) electrons. The van der Waals surface area contributed by atoms with Crippen LogP contribution in [0.25, 0.3) is 0 Å². The van der Waals surface area contributed by atoms with E-state index >= 15 is 0 Å². The zero-order valence-corrected chi connectivity index (χ0v) is 10.5. The minimum absolute atomic E-state index is 0.492. The van der Waals surface area contributed by atoms with Crippen molar-refractivity contribution in [2.24, 2.45) is 13.0 Å². The standard InChI is InChI=1S/C11H19ClN2O/c1-7(2)5-6-9(15)10-8(3)13-14(4)11(10)12/h7,9,15H,5-6H2,1-4H3. The second-order valence-electron chi connectivity index (χ2n) is 4.40. The Balaban J connectivity index is 2.77. The second-order valence-corrected chi connectivity index (χ2v) is 4.76. The van der Waals surface area contributed by atoms with Gasteiger partial charge in [0.25, 0.3) is 0 Å². The predicted molar refractivity (Wildman–Crippen MR) is 62.0 cm³/mol. The highest BCUT2D eigenvalue weighted by Crippen LogP contribution is 2.29. The molecule has 1 rings (SSSR count). The minimum Gasteiger partial charge on any atom is -0.388 e. The van der Waals surface area contributed by atoms with Gasteiger partial charge in [-0.15, -0.1) is 0 Å². The zero-order chi connectivity index (χ0) is 11.6. The molecule has 0 aromatic carbocycles. The van der Waals surface area contributed by atoms with Gasteiger partial charge in [0.05, 0.1) is 11.8 Å². The normalized spacial score (nSPS) is 13.5. The average Bonchev–Trinajstić information content (AvgIpc) is 2.37. The monoisotopic (exact) mass is 230 g/mol. The molecular weight excluding hydrogens is 212 g/mol. The molecule has 3 nitrogen and oxygen atoms in total. The van der Waals surface area contributed by atoms with Crippen LogP contribution in [0, 0.1) is 12.8 Å². The van der Waals surface area contributed by atoms with Gasteiger partial charge < -0.3 is 5.11 Å². The summed E-state index contributed by atoms with van der Waals surface area (Å²) in [6.07, 6.45) is 1.24. The van der Waals surface area contributed by atoms with E-state index in [1.165, 1.54) is 0 Å². The lowest BCUT2D eigenvalue weighted by atomic mass is 10.0. The summed E-state index contributed by atoms with van der Waals surface area (Å²) in [4.78, 5) is 0. The van der Waals surface area contributed by atoms with Crippen LogP contribution in [0.3, 0.4) is 0 Å². The van der Waals surface area contributed by atoms with Crippen molar-refractivity contribution >= 4 is 11.6 Å². The summed E-state index contributed by atoms with van der Waals surface area (Å²) in [6.45, 7) is 6.16. The molecule has 4 heteroatoms. The Hall–Kier alpha value is -0.540. The molecule has 15 heavy (non-hydrogen) atoms. The smallest absolute Gasteiger partial charge is 0.132 e. The van der Waals surface area contributed by atoms with Gasteiger partial charge in [0.15, 0.2) is 0 Å². The summed E-state index contributed by atoms with van der Waals surface area (Å²) in [5.41, 5.74) is 1.60. The van der Waals surface area contributed by atoms with Crippen LogP contribution in [0.4, 0.5) is 0 Å². The Labute approximate surface area is 96.1 Å². The number of nitrogens with zero attached hydrogens (tertiary/aromatic N) is 2. The Morgan fingerprint density at radius 1 is 1.40 bits per heavy atom. The fraction of sp³-hybridized carbons (Fsp3) is 0.727. The number of aliphatic hydroxyl groups is 1. The third kappa shape index (κ3) is 2.95. The molecule has 1 unspecified atom stereocenters. The predicted octanol–water partition coefficient (Wildman–Crippen LogP) is 2.85. The molecular formula is C11H19ClN2O. The first kappa shape index (κ1) is 12.5. The van der Waals surface area contributed by atoms with Crippen molar-refractivity contribution < 1.29 is 5.11 Å². The molecule has 0 spiro atoms. The minimum atomic E-state index is -0.492. The molecule has 1 N–H and O–H groups in total. The van der Waals surface area contributed by atoms with Crippen molar-refractivity contribution in [3.05, 3.63) is 16.4 Å². The van der Waals surface area contributed by atoms with Gasteiger partial charge in [0.1, 0.15) is 5.15 Å². The second kappa shape index (κ2) is 4.99. The molecule has 0 saturated heterocycles. The molecule has 1 heterocycles. The van der Waals surface area contributed by atoms with Gasteiger partial charge in [-0.25, -0.2) is 0 Å². The van der Waals surface area contributed by atoms with Gasteiger partial charge in [-0.1, -0.05) is 25.4 Å². The van der Waals surface area contributed by atoms with Crippen LogP contribution in [0.1, 0.15) is 44.1 Å². The van der Waals surface area contributed by atoms with E-state index in [0.717, 1.165) is 24.1 Å². The maximum Gasteiger partial charge on any atom is 0.132 e. The van der Waals surface area contributed by atoms with E-state index in [9.17, 15) is 5.11 Å². The molecule has 0 bridgehead atoms. The molecule has 0 aliphatic rings. The number of hydrogen-bond acceptors (Lipinski definition) is 2. The van der Waals surface area contributed by atoms with Crippen LogP contribution in [0.2, 0.25) is 5.15 Å². The van der Waals surface area contributed by atoms with E-state index in [0.29, 0.717) is 11.1 Å². The maximum absolute atomic E-state index is 10.0. The lowest BCUT2D eigenvalue weighted by molar-refractivity contribution is 0.158. The number of rotatable bonds is 4. The molecule has 1 aromatic rings. The Morgan fingerprint density at radius 3 is 2.40 bits per heavy atom. The van der Waals surface area contributed by atoms with E-state index in [1.54, 1.807) is 11.7 Å². The van der Waals surface area contributed by atoms with Crippen LogP contribution in [-0.4, -0.2) is 14.9 Å². The summed E-state index contributed by atoms with van der Waals surface area (Å²) in [5, 5.41) is 14.7. The summed E-state index contributed by atoms with van der Waals surface area (Å²) in [5.74, 6) is 0.593. The topological polar surface area (TPSA) is 38.0 Å². The number of aromatic nitrogens is 2. The first-order valence-electron chi connectivity index (χ1n) is 5.30. The molecule has 86 valence electrons. The van der Waals surface area contributed by atoms with Crippen molar-refractivity contribution in [2.75, 3.05) is 0 Å². The molecule has 0 saturated carbocycles. The molecule has 0 amide bonds. The van der Waals surface area contributed by atoms with Crippen LogP contribution in [0.15, 0.2) is 0 Å². The van der Waals surface area contributed by atoms with Gasteiger partial charge in [0, 0.05) is 12.6 Å². The van der Waals surface area contributed by atoms with E-state index in [2.05, 4.69) is 18.9 Å². The van der Waals surface area contributed by atoms with Gasteiger partial charge in [0.2, 0.25) is 0 Å². The van der Waals surface area contributed by atoms with Crippen molar-refractivity contribution in [3.8, 4) is 0 Å². The Bertz CT molecular complexity index is 334. The molecule has 1 atom stereocenters. The summed E-state index contributed by atoms with van der Waals surface area (Å²) in [7, 11) is 1.79. The van der Waals surface area contributed by atoms with Crippen LogP contribution < -0.4 is 0 Å². The largest absolute Gasteiger partial charge is 0.388 e. The van der Waals surface area contributed by atoms with Gasteiger partial charge in [-0.3, -0.25) is 4.68 Å². The average molecular weight is 231 g/mol. The summed E-state index contributed by atoms with van der Waals surface area (Å²) >= 11 is 6.06. The van der Waals surface area contributed by atoms with E-state index in [-0.39, 0.29) is 0 Å². The number of hydrogen-bond donors (Lipinski definition) is 1. The van der Waals surface area contributed by atoms with E-state index < -0.39 is 6.10 Å². The van der Waals surface area contributed by atoms with Crippen molar-refractivity contribution in [1.29, 1.82) is 0 Å². The van der Waals surface area contributed by atoms with Crippen molar-refractivity contribution in [1.82, 2.24) is 9.78 Å². The quantitative estimate of drug-likeness (QED) is 0.864.